The Balaban J connectivity index is 1.66. The zero-order valence-corrected chi connectivity index (χ0v) is 20.5. The minimum atomic E-state index is -0.488. The highest BCUT2D eigenvalue weighted by Crippen LogP contribution is 2.37. The Labute approximate surface area is 208 Å². The van der Waals surface area contributed by atoms with Crippen molar-refractivity contribution in [2.24, 2.45) is 0 Å². The van der Waals surface area contributed by atoms with Crippen LogP contribution in [-0.2, 0) is 4.74 Å². The summed E-state index contributed by atoms with van der Waals surface area (Å²) < 4.78 is 15.9. The number of thiophene rings is 1. The van der Waals surface area contributed by atoms with Crippen molar-refractivity contribution in [1.29, 1.82) is 0 Å². The van der Waals surface area contributed by atoms with E-state index in [2.05, 4.69) is 5.32 Å². The first kappa shape index (κ1) is 24.0. The SMILES string of the molecule is CCOC(=O)c1c(-c2ccc(-c3ccccc3)cc2)csc1NC(=O)c1ccc(OC)c(OC)c1. The number of rotatable bonds is 8. The van der Waals surface area contributed by atoms with Gasteiger partial charge in [0, 0.05) is 16.5 Å². The number of ether oxygens (including phenoxy) is 3. The van der Waals surface area contributed by atoms with E-state index >= 15 is 0 Å². The number of carbonyl (C=O) groups is 2. The van der Waals surface area contributed by atoms with E-state index in [4.69, 9.17) is 14.2 Å². The monoisotopic (exact) mass is 487 g/mol. The van der Waals surface area contributed by atoms with E-state index in [1.807, 2.05) is 60.0 Å². The molecule has 1 N–H and O–H groups in total. The van der Waals surface area contributed by atoms with Crippen LogP contribution in [0.4, 0.5) is 5.00 Å². The van der Waals surface area contributed by atoms with Crippen LogP contribution in [0.5, 0.6) is 11.5 Å². The largest absolute Gasteiger partial charge is 0.493 e. The lowest BCUT2D eigenvalue weighted by atomic mass is 9.99. The molecule has 0 aliphatic heterocycles. The summed E-state index contributed by atoms with van der Waals surface area (Å²) in [5, 5.41) is 5.14. The third kappa shape index (κ3) is 5.20. The first-order valence-corrected chi connectivity index (χ1v) is 11.9. The predicted octanol–water partition coefficient (Wildman–Crippen LogP) is 6.53. The Hall–Kier alpha value is -4.10. The van der Waals surface area contributed by atoms with Crippen LogP contribution in [0.15, 0.2) is 78.2 Å². The summed E-state index contributed by atoms with van der Waals surface area (Å²) in [6, 6.07) is 22.9. The molecule has 4 aromatic rings. The van der Waals surface area contributed by atoms with Crippen LogP contribution < -0.4 is 14.8 Å². The average Bonchev–Trinajstić information content (AvgIpc) is 3.32. The molecule has 1 heterocycles. The van der Waals surface area contributed by atoms with Crippen LogP contribution in [0.3, 0.4) is 0 Å². The van der Waals surface area contributed by atoms with Gasteiger partial charge in [-0.3, -0.25) is 4.79 Å². The summed E-state index contributed by atoms with van der Waals surface area (Å²) in [7, 11) is 3.04. The molecule has 0 bridgehead atoms. The normalized spacial score (nSPS) is 10.5. The first-order valence-electron chi connectivity index (χ1n) is 11.0. The summed E-state index contributed by atoms with van der Waals surface area (Å²) in [4.78, 5) is 25.9. The molecule has 1 amide bonds. The molecule has 0 unspecified atom stereocenters. The second-order valence-electron chi connectivity index (χ2n) is 7.54. The van der Waals surface area contributed by atoms with Gasteiger partial charge in [0.1, 0.15) is 10.6 Å². The number of amides is 1. The van der Waals surface area contributed by atoms with Crippen molar-refractivity contribution >= 4 is 28.2 Å². The van der Waals surface area contributed by atoms with Gasteiger partial charge in [0.2, 0.25) is 0 Å². The highest BCUT2D eigenvalue weighted by molar-refractivity contribution is 7.15. The Kier molecular flexibility index (Phi) is 7.48. The molecule has 0 aliphatic carbocycles. The smallest absolute Gasteiger partial charge is 0.341 e. The molecule has 0 aliphatic rings. The van der Waals surface area contributed by atoms with Crippen LogP contribution in [0, 0.1) is 0 Å². The van der Waals surface area contributed by atoms with Crippen molar-refractivity contribution in [2.75, 3.05) is 26.1 Å². The van der Waals surface area contributed by atoms with Gasteiger partial charge in [0.25, 0.3) is 5.91 Å². The fourth-order valence-electron chi connectivity index (χ4n) is 3.69. The van der Waals surface area contributed by atoms with Crippen LogP contribution in [-0.4, -0.2) is 32.7 Å². The molecule has 3 aromatic carbocycles. The molecular formula is C28H25NO5S. The highest BCUT2D eigenvalue weighted by atomic mass is 32.1. The maximum atomic E-state index is 13.0. The number of hydrogen-bond donors (Lipinski definition) is 1. The molecule has 0 atom stereocenters. The summed E-state index contributed by atoms with van der Waals surface area (Å²) >= 11 is 1.28. The Morgan fingerprint density at radius 3 is 2.14 bits per heavy atom. The molecule has 0 radical (unpaired) electrons. The van der Waals surface area contributed by atoms with E-state index in [1.165, 1.54) is 25.6 Å². The third-order valence-electron chi connectivity index (χ3n) is 5.45. The number of methoxy groups -OCH3 is 2. The van der Waals surface area contributed by atoms with Crippen molar-refractivity contribution < 1.29 is 23.8 Å². The molecule has 0 saturated carbocycles. The van der Waals surface area contributed by atoms with E-state index in [9.17, 15) is 9.59 Å². The number of hydrogen-bond acceptors (Lipinski definition) is 6. The van der Waals surface area contributed by atoms with Gasteiger partial charge in [0.05, 0.1) is 20.8 Å². The van der Waals surface area contributed by atoms with Crippen molar-refractivity contribution in [3.05, 3.63) is 89.3 Å². The lowest BCUT2D eigenvalue weighted by Gasteiger charge is -2.11. The van der Waals surface area contributed by atoms with Gasteiger partial charge in [-0.15, -0.1) is 11.3 Å². The average molecular weight is 488 g/mol. The minimum absolute atomic E-state index is 0.226. The van der Waals surface area contributed by atoms with Crippen molar-refractivity contribution in [3.8, 4) is 33.8 Å². The van der Waals surface area contributed by atoms with Gasteiger partial charge in [-0.25, -0.2) is 4.79 Å². The lowest BCUT2D eigenvalue weighted by Crippen LogP contribution is -2.15. The molecule has 6 nitrogen and oxygen atoms in total. The third-order valence-corrected chi connectivity index (χ3v) is 6.34. The molecule has 0 saturated heterocycles. The van der Waals surface area contributed by atoms with Gasteiger partial charge in [-0.05, 0) is 41.8 Å². The van der Waals surface area contributed by atoms with E-state index in [1.54, 1.807) is 25.1 Å². The second kappa shape index (κ2) is 10.9. The van der Waals surface area contributed by atoms with Crippen LogP contribution in [0.25, 0.3) is 22.3 Å². The van der Waals surface area contributed by atoms with E-state index in [-0.39, 0.29) is 12.5 Å². The van der Waals surface area contributed by atoms with E-state index in [0.717, 1.165) is 16.7 Å². The number of nitrogens with one attached hydrogen (secondary N) is 1. The maximum absolute atomic E-state index is 13.0. The number of carbonyl (C=O) groups excluding carboxylic acids is 2. The Morgan fingerprint density at radius 2 is 1.49 bits per heavy atom. The summed E-state index contributed by atoms with van der Waals surface area (Å²) in [5.74, 6) is 0.104. The van der Waals surface area contributed by atoms with Crippen LogP contribution in [0.2, 0.25) is 0 Å². The number of anilines is 1. The molecule has 1 aromatic heterocycles. The molecule has 7 heteroatoms. The maximum Gasteiger partial charge on any atom is 0.341 e. The number of benzene rings is 3. The standard InChI is InChI=1S/C28H25NO5S/c1-4-34-28(31)25-22(20-12-10-19(11-13-20)18-8-6-5-7-9-18)17-35-27(25)29-26(30)21-14-15-23(32-2)24(16-21)33-3/h5-17H,4H2,1-3H3,(H,29,30). The molecule has 0 fully saturated rings. The fraction of sp³-hybridized carbons (Fsp3) is 0.143. The first-order chi connectivity index (χ1) is 17.0. The van der Waals surface area contributed by atoms with Gasteiger partial charge >= 0.3 is 5.97 Å². The highest BCUT2D eigenvalue weighted by Gasteiger charge is 2.23. The van der Waals surface area contributed by atoms with Crippen LogP contribution >= 0.6 is 11.3 Å². The molecule has 178 valence electrons. The van der Waals surface area contributed by atoms with Gasteiger partial charge < -0.3 is 19.5 Å². The van der Waals surface area contributed by atoms with Gasteiger partial charge in [-0.2, -0.15) is 0 Å². The van der Waals surface area contributed by atoms with E-state index < -0.39 is 5.97 Å². The van der Waals surface area contributed by atoms with Crippen molar-refractivity contribution in [2.45, 2.75) is 6.92 Å². The summed E-state index contributed by atoms with van der Waals surface area (Å²) in [6.07, 6.45) is 0. The Morgan fingerprint density at radius 1 is 0.829 bits per heavy atom. The van der Waals surface area contributed by atoms with E-state index in [0.29, 0.717) is 33.2 Å². The number of esters is 1. The molecular weight excluding hydrogens is 462 g/mol. The molecule has 35 heavy (non-hydrogen) atoms. The molecule has 4 rings (SSSR count). The quantitative estimate of drug-likeness (QED) is 0.286. The van der Waals surface area contributed by atoms with Crippen LogP contribution in [0.1, 0.15) is 27.6 Å². The second-order valence-corrected chi connectivity index (χ2v) is 8.42. The summed E-state index contributed by atoms with van der Waals surface area (Å²) in [6.45, 7) is 1.98. The zero-order valence-electron chi connectivity index (χ0n) is 19.7. The van der Waals surface area contributed by atoms with Gasteiger partial charge in [-0.1, -0.05) is 54.6 Å². The lowest BCUT2D eigenvalue weighted by molar-refractivity contribution is 0.0529. The zero-order chi connectivity index (χ0) is 24.8. The van der Waals surface area contributed by atoms with Gasteiger partial charge in [0.15, 0.2) is 11.5 Å². The predicted molar refractivity (Wildman–Crippen MR) is 139 cm³/mol. The molecule has 0 spiro atoms. The van der Waals surface area contributed by atoms with Crippen molar-refractivity contribution in [1.82, 2.24) is 0 Å². The topological polar surface area (TPSA) is 73.9 Å². The Bertz CT molecular complexity index is 1330. The minimum Gasteiger partial charge on any atom is -0.493 e. The summed E-state index contributed by atoms with van der Waals surface area (Å²) in [5.41, 5.74) is 4.45. The fourth-order valence-corrected chi connectivity index (χ4v) is 4.65. The van der Waals surface area contributed by atoms with Crippen molar-refractivity contribution in [3.63, 3.8) is 0 Å².